The lowest BCUT2D eigenvalue weighted by molar-refractivity contribution is -0.146. The highest BCUT2D eigenvalue weighted by molar-refractivity contribution is 7.88. The molecule has 2 saturated heterocycles. The predicted octanol–water partition coefficient (Wildman–Crippen LogP) is -0.980. The lowest BCUT2D eigenvalue weighted by atomic mass is 10.0. The van der Waals surface area contributed by atoms with Gasteiger partial charge in [0.15, 0.2) is 0 Å². The van der Waals surface area contributed by atoms with Crippen LogP contribution in [-0.2, 0) is 19.6 Å². The van der Waals surface area contributed by atoms with Crippen LogP contribution in [0.5, 0.6) is 0 Å². The Balaban J connectivity index is 2.16. The third-order valence-electron chi connectivity index (χ3n) is 3.89. The molecule has 0 aliphatic carbocycles. The third-order valence-corrected chi connectivity index (χ3v) is 5.18. The number of amides is 1. The summed E-state index contributed by atoms with van der Waals surface area (Å²) in [5, 5.41) is 9.33. The first-order chi connectivity index (χ1) is 9.45. The number of sulfonamides is 1. The largest absolute Gasteiger partial charge is 0.394 e. The molecule has 20 heavy (non-hydrogen) atoms. The summed E-state index contributed by atoms with van der Waals surface area (Å²) in [6.07, 6.45) is 3.31. The number of carbonyl (C=O) groups is 1. The van der Waals surface area contributed by atoms with Crippen LogP contribution in [-0.4, -0.2) is 79.9 Å². The summed E-state index contributed by atoms with van der Waals surface area (Å²) in [5.74, 6) is -0.211. The molecule has 2 atom stereocenters. The first kappa shape index (κ1) is 15.7. The molecule has 2 unspecified atom stereocenters. The molecule has 2 aliphatic rings. The van der Waals surface area contributed by atoms with Gasteiger partial charge in [-0.25, -0.2) is 8.42 Å². The van der Waals surface area contributed by atoms with Gasteiger partial charge in [-0.2, -0.15) is 4.31 Å². The highest BCUT2D eigenvalue weighted by atomic mass is 32.2. The van der Waals surface area contributed by atoms with Gasteiger partial charge in [0, 0.05) is 13.1 Å². The highest BCUT2D eigenvalue weighted by Gasteiger charge is 2.39. The predicted molar refractivity (Wildman–Crippen MR) is 72.6 cm³/mol. The standard InChI is InChI=1S/C12H22N2O5S/c1-20(17,18)14-5-3-2-4-11(14)12(16)13-6-7-19-9-10(13)8-15/h10-11,15H,2-9H2,1H3. The minimum absolute atomic E-state index is 0.169. The number of morpholine rings is 1. The molecule has 8 heteroatoms. The molecule has 0 radical (unpaired) electrons. The Morgan fingerprint density at radius 1 is 1.35 bits per heavy atom. The van der Waals surface area contributed by atoms with Gasteiger partial charge in [0.05, 0.1) is 32.1 Å². The van der Waals surface area contributed by atoms with Gasteiger partial charge >= 0.3 is 0 Å². The molecule has 1 amide bonds. The van der Waals surface area contributed by atoms with Crippen LogP contribution in [0.1, 0.15) is 19.3 Å². The smallest absolute Gasteiger partial charge is 0.241 e. The fourth-order valence-corrected chi connectivity index (χ4v) is 3.95. The van der Waals surface area contributed by atoms with Gasteiger partial charge in [0.2, 0.25) is 15.9 Å². The number of nitrogens with zero attached hydrogens (tertiary/aromatic N) is 2. The van der Waals surface area contributed by atoms with Crippen molar-refractivity contribution in [3.8, 4) is 0 Å². The van der Waals surface area contributed by atoms with Gasteiger partial charge in [-0.15, -0.1) is 0 Å². The zero-order valence-corrected chi connectivity index (χ0v) is 12.5. The quantitative estimate of drug-likeness (QED) is 0.724. The Kier molecular flexibility index (Phi) is 5.00. The van der Waals surface area contributed by atoms with Gasteiger partial charge < -0.3 is 14.7 Å². The zero-order valence-electron chi connectivity index (χ0n) is 11.7. The van der Waals surface area contributed by atoms with Crippen LogP contribution >= 0.6 is 0 Å². The van der Waals surface area contributed by atoms with Crippen molar-refractivity contribution in [1.29, 1.82) is 0 Å². The Morgan fingerprint density at radius 3 is 2.75 bits per heavy atom. The number of rotatable bonds is 3. The highest BCUT2D eigenvalue weighted by Crippen LogP contribution is 2.23. The van der Waals surface area contributed by atoms with Gasteiger partial charge in [-0.1, -0.05) is 6.42 Å². The molecule has 0 saturated carbocycles. The first-order valence-electron chi connectivity index (χ1n) is 6.91. The van der Waals surface area contributed by atoms with E-state index in [-0.39, 0.29) is 18.6 Å². The normalized spacial score (nSPS) is 29.4. The van der Waals surface area contributed by atoms with E-state index in [2.05, 4.69) is 0 Å². The SMILES string of the molecule is CS(=O)(=O)N1CCCCC1C(=O)N1CCOCC1CO. The molecule has 0 aromatic heterocycles. The Labute approximate surface area is 119 Å². The minimum Gasteiger partial charge on any atom is -0.394 e. The molecule has 2 aliphatic heterocycles. The number of hydrogen-bond acceptors (Lipinski definition) is 5. The van der Waals surface area contributed by atoms with Crippen molar-refractivity contribution in [1.82, 2.24) is 9.21 Å². The maximum atomic E-state index is 12.6. The Hall–Kier alpha value is -0.700. The van der Waals surface area contributed by atoms with E-state index < -0.39 is 16.1 Å². The van der Waals surface area contributed by atoms with Gasteiger partial charge in [-0.3, -0.25) is 4.79 Å². The van der Waals surface area contributed by atoms with Gasteiger partial charge in [0.25, 0.3) is 0 Å². The summed E-state index contributed by atoms with van der Waals surface area (Å²) in [6.45, 7) is 1.35. The summed E-state index contributed by atoms with van der Waals surface area (Å²) in [6, 6.07) is -1.01. The van der Waals surface area contributed by atoms with Crippen LogP contribution in [0.2, 0.25) is 0 Å². The molecule has 7 nitrogen and oxygen atoms in total. The molecular weight excluding hydrogens is 284 g/mol. The maximum absolute atomic E-state index is 12.6. The van der Waals surface area contributed by atoms with Crippen molar-refractivity contribution in [3.05, 3.63) is 0 Å². The van der Waals surface area contributed by atoms with E-state index in [1.165, 1.54) is 4.31 Å². The maximum Gasteiger partial charge on any atom is 0.241 e. The molecule has 0 aromatic carbocycles. The summed E-state index contributed by atoms with van der Waals surface area (Å²) in [4.78, 5) is 14.2. The lowest BCUT2D eigenvalue weighted by Crippen LogP contribution is -2.58. The molecule has 0 bridgehead atoms. The van der Waals surface area contributed by atoms with Crippen LogP contribution in [0.15, 0.2) is 0 Å². The molecule has 0 spiro atoms. The average Bonchev–Trinajstić information content (AvgIpc) is 2.45. The average molecular weight is 306 g/mol. The number of aliphatic hydroxyl groups is 1. The summed E-state index contributed by atoms with van der Waals surface area (Å²) in [5.41, 5.74) is 0. The number of ether oxygens (including phenoxy) is 1. The minimum atomic E-state index is -3.39. The summed E-state index contributed by atoms with van der Waals surface area (Å²) >= 11 is 0. The lowest BCUT2D eigenvalue weighted by Gasteiger charge is -2.40. The van der Waals surface area contributed by atoms with Gasteiger partial charge in [-0.05, 0) is 12.8 Å². The van der Waals surface area contributed by atoms with Crippen LogP contribution in [0.25, 0.3) is 0 Å². The van der Waals surface area contributed by atoms with E-state index in [0.29, 0.717) is 32.7 Å². The third kappa shape index (κ3) is 3.30. The first-order valence-corrected chi connectivity index (χ1v) is 8.76. The van der Waals surface area contributed by atoms with Gasteiger partial charge in [0.1, 0.15) is 6.04 Å². The molecule has 0 aromatic rings. The molecule has 2 heterocycles. The van der Waals surface area contributed by atoms with E-state index in [1.54, 1.807) is 4.90 Å². The fraction of sp³-hybridized carbons (Fsp3) is 0.917. The Morgan fingerprint density at radius 2 is 2.10 bits per heavy atom. The van der Waals surface area contributed by atoms with E-state index in [0.717, 1.165) is 19.1 Å². The van der Waals surface area contributed by atoms with Crippen molar-refractivity contribution in [2.45, 2.75) is 31.3 Å². The van der Waals surface area contributed by atoms with E-state index in [9.17, 15) is 18.3 Å². The molecule has 2 fully saturated rings. The zero-order chi connectivity index (χ0) is 14.8. The molecule has 1 N–H and O–H groups in total. The van der Waals surface area contributed by atoms with Crippen LogP contribution in [0.4, 0.5) is 0 Å². The van der Waals surface area contributed by atoms with Crippen LogP contribution in [0, 0.1) is 0 Å². The molecular formula is C12H22N2O5S. The number of piperidine rings is 1. The number of carbonyl (C=O) groups excluding carboxylic acids is 1. The van der Waals surface area contributed by atoms with Crippen molar-refractivity contribution in [3.63, 3.8) is 0 Å². The topological polar surface area (TPSA) is 87.2 Å². The van der Waals surface area contributed by atoms with E-state index in [4.69, 9.17) is 4.74 Å². The second-order valence-corrected chi connectivity index (χ2v) is 7.26. The van der Waals surface area contributed by atoms with E-state index >= 15 is 0 Å². The second kappa shape index (κ2) is 6.38. The van der Waals surface area contributed by atoms with E-state index in [1.807, 2.05) is 0 Å². The fourth-order valence-electron chi connectivity index (χ4n) is 2.84. The Bertz CT molecular complexity index is 453. The van der Waals surface area contributed by atoms with Crippen molar-refractivity contribution >= 4 is 15.9 Å². The van der Waals surface area contributed by atoms with Crippen molar-refractivity contribution < 1.29 is 23.1 Å². The van der Waals surface area contributed by atoms with Crippen LogP contribution < -0.4 is 0 Å². The summed E-state index contributed by atoms with van der Waals surface area (Å²) in [7, 11) is -3.39. The monoisotopic (exact) mass is 306 g/mol. The number of aliphatic hydroxyl groups excluding tert-OH is 1. The molecule has 2 rings (SSSR count). The van der Waals surface area contributed by atoms with Crippen LogP contribution in [0.3, 0.4) is 0 Å². The number of hydrogen-bond donors (Lipinski definition) is 1. The van der Waals surface area contributed by atoms with Crippen molar-refractivity contribution in [2.24, 2.45) is 0 Å². The summed E-state index contributed by atoms with van der Waals surface area (Å²) < 4.78 is 30.2. The molecule has 116 valence electrons. The van der Waals surface area contributed by atoms with Crippen molar-refractivity contribution in [2.75, 3.05) is 39.2 Å². The second-order valence-electron chi connectivity index (χ2n) is 5.33.